The van der Waals surface area contributed by atoms with E-state index in [1.54, 1.807) is 6.20 Å². The van der Waals surface area contributed by atoms with Gasteiger partial charge in [-0.3, -0.25) is 15.0 Å². The van der Waals surface area contributed by atoms with Crippen LogP contribution in [0.3, 0.4) is 0 Å². The quantitative estimate of drug-likeness (QED) is 0.849. The van der Waals surface area contributed by atoms with Gasteiger partial charge < -0.3 is 10.2 Å². The Balaban J connectivity index is 1.46. The van der Waals surface area contributed by atoms with E-state index in [0.717, 1.165) is 44.8 Å². The second-order valence-corrected chi connectivity index (χ2v) is 6.12. The van der Waals surface area contributed by atoms with Crippen molar-refractivity contribution in [2.75, 3.05) is 31.1 Å². The second-order valence-electron chi connectivity index (χ2n) is 6.12. The fourth-order valence-corrected chi connectivity index (χ4v) is 2.71. The molecule has 1 aromatic heterocycles. The van der Waals surface area contributed by atoms with E-state index in [-0.39, 0.29) is 24.0 Å². The van der Waals surface area contributed by atoms with Crippen LogP contribution < -0.4 is 15.5 Å². The highest BCUT2D eigenvalue weighted by Crippen LogP contribution is 2.18. The van der Waals surface area contributed by atoms with Crippen molar-refractivity contribution >= 4 is 17.8 Å². The second kappa shape index (κ2) is 6.95. The molecule has 1 aliphatic heterocycles. The molecule has 124 valence electrons. The lowest BCUT2D eigenvalue weighted by Crippen LogP contribution is -2.55. The summed E-state index contributed by atoms with van der Waals surface area (Å²) < 4.78 is 0. The van der Waals surface area contributed by atoms with E-state index in [2.05, 4.69) is 25.4 Å². The van der Waals surface area contributed by atoms with Crippen molar-refractivity contribution in [3.8, 4) is 0 Å². The van der Waals surface area contributed by atoms with Crippen LogP contribution in [0.4, 0.5) is 10.6 Å². The van der Waals surface area contributed by atoms with Gasteiger partial charge in [0.25, 0.3) is 0 Å². The molecule has 1 unspecified atom stereocenters. The number of hydrogen-bond donors (Lipinski definition) is 2. The van der Waals surface area contributed by atoms with Crippen molar-refractivity contribution in [2.45, 2.75) is 31.8 Å². The maximum atomic E-state index is 12.2. The molecule has 2 aliphatic rings. The normalized spacial score (nSPS) is 20.0. The minimum atomic E-state index is -0.378. The smallest absolute Gasteiger partial charge is 0.321 e. The molecule has 3 rings (SSSR count). The Hall–Kier alpha value is -2.15. The number of amides is 3. The average molecular weight is 317 g/mol. The first-order chi connectivity index (χ1) is 11.1. The van der Waals surface area contributed by atoms with Gasteiger partial charge in [0, 0.05) is 38.4 Å². The van der Waals surface area contributed by atoms with Crippen LogP contribution in [0.1, 0.15) is 19.8 Å². The third-order valence-electron chi connectivity index (χ3n) is 4.36. The number of nitrogens with one attached hydrogen (secondary N) is 2. The summed E-state index contributed by atoms with van der Waals surface area (Å²) in [4.78, 5) is 32.5. The first kappa shape index (κ1) is 15.7. The van der Waals surface area contributed by atoms with Crippen molar-refractivity contribution in [1.29, 1.82) is 0 Å². The minimum absolute atomic E-state index is 0.241. The SMILES string of the molecule is CC(C(=O)NC(=O)NC1CC1)N1CCN(c2ccccn2)CC1. The van der Waals surface area contributed by atoms with E-state index in [0.29, 0.717) is 0 Å². The fourth-order valence-electron chi connectivity index (χ4n) is 2.71. The third kappa shape index (κ3) is 4.19. The van der Waals surface area contributed by atoms with Gasteiger partial charge in [0.2, 0.25) is 5.91 Å². The number of nitrogens with zero attached hydrogens (tertiary/aromatic N) is 3. The number of aromatic nitrogens is 1. The van der Waals surface area contributed by atoms with Crippen molar-refractivity contribution in [1.82, 2.24) is 20.5 Å². The molecule has 23 heavy (non-hydrogen) atoms. The monoisotopic (exact) mass is 317 g/mol. The van der Waals surface area contributed by atoms with E-state index < -0.39 is 0 Å². The van der Waals surface area contributed by atoms with Crippen LogP contribution in [0.15, 0.2) is 24.4 Å². The summed E-state index contributed by atoms with van der Waals surface area (Å²) in [7, 11) is 0. The molecule has 3 amide bonds. The van der Waals surface area contributed by atoms with Gasteiger partial charge in [0.05, 0.1) is 6.04 Å². The Morgan fingerprint density at radius 1 is 1.22 bits per heavy atom. The van der Waals surface area contributed by atoms with Crippen LogP contribution in [0.2, 0.25) is 0 Å². The molecule has 7 nitrogen and oxygen atoms in total. The van der Waals surface area contributed by atoms with Gasteiger partial charge in [-0.15, -0.1) is 0 Å². The Kier molecular flexibility index (Phi) is 4.76. The fraction of sp³-hybridized carbons (Fsp3) is 0.562. The molecule has 1 saturated heterocycles. The number of carbonyl (C=O) groups is 2. The number of hydrogen-bond acceptors (Lipinski definition) is 5. The highest BCUT2D eigenvalue weighted by atomic mass is 16.2. The Morgan fingerprint density at radius 3 is 2.57 bits per heavy atom. The predicted octanol–water partition coefficient (Wildman–Crippen LogP) is 0.580. The average Bonchev–Trinajstić information content (AvgIpc) is 3.39. The molecule has 0 bridgehead atoms. The Bertz CT molecular complexity index is 553. The van der Waals surface area contributed by atoms with Crippen LogP contribution in [-0.4, -0.2) is 60.1 Å². The van der Waals surface area contributed by atoms with Crippen LogP contribution in [0.5, 0.6) is 0 Å². The van der Waals surface area contributed by atoms with Crippen LogP contribution in [-0.2, 0) is 4.79 Å². The number of pyridine rings is 1. The molecule has 7 heteroatoms. The number of carbonyl (C=O) groups excluding carboxylic acids is 2. The number of rotatable bonds is 4. The molecule has 0 aromatic carbocycles. The Labute approximate surface area is 136 Å². The molecule has 2 heterocycles. The Morgan fingerprint density at radius 2 is 1.96 bits per heavy atom. The maximum Gasteiger partial charge on any atom is 0.321 e. The highest BCUT2D eigenvalue weighted by molar-refractivity contribution is 5.97. The molecule has 2 fully saturated rings. The first-order valence-electron chi connectivity index (χ1n) is 8.15. The zero-order valence-electron chi connectivity index (χ0n) is 13.4. The number of piperazine rings is 1. The van der Waals surface area contributed by atoms with E-state index >= 15 is 0 Å². The standard InChI is InChI=1S/C16H23N5O2/c1-12(15(22)19-16(23)18-13-5-6-13)20-8-10-21(11-9-20)14-4-2-3-7-17-14/h2-4,7,12-13H,5-6,8-11H2,1H3,(H2,18,19,22,23). The molecular weight excluding hydrogens is 294 g/mol. The van der Waals surface area contributed by atoms with E-state index in [1.165, 1.54) is 0 Å². The highest BCUT2D eigenvalue weighted by Gasteiger charge is 2.28. The van der Waals surface area contributed by atoms with Crippen molar-refractivity contribution in [3.63, 3.8) is 0 Å². The van der Waals surface area contributed by atoms with Gasteiger partial charge in [-0.25, -0.2) is 9.78 Å². The molecule has 0 radical (unpaired) electrons. The van der Waals surface area contributed by atoms with Gasteiger partial charge in [0.1, 0.15) is 5.82 Å². The molecule has 2 N–H and O–H groups in total. The van der Waals surface area contributed by atoms with E-state index in [4.69, 9.17) is 0 Å². The lowest BCUT2D eigenvalue weighted by molar-refractivity contribution is -0.124. The minimum Gasteiger partial charge on any atom is -0.354 e. The van der Waals surface area contributed by atoms with E-state index in [1.807, 2.05) is 25.1 Å². The third-order valence-corrected chi connectivity index (χ3v) is 4.36. The summed E-state index contributed by atoms with van der Waals surface area (Å²) >= 11 is 0. The predicted molar refractivity (Wildman–Crippen MR) is 87.2 cm³/mol. The summed E-state index contributed by atoms with van der Waals surface area (Å²) in [6.07, 6.45) is 3.80. The number of imide groups is 1. The molecule has 1 aliphatic carbocycles. The van der Waals surface area contributed by atoms with Crippen molar-refractivity contribution < 1.29 is 9.59 Å². The van der Waals surface area contributed by atoms with Gasteiger partial charge in [-0.2, -0.15) is 0 Å². The summed E-state index contributed by atoms with van der Waals surface area (Å²) in [5, 5.41) is 5.20. The van der Waals surface area contributed by atoms with Gasteiger partial charge in [0.15, 0.2) is 0 Å². The molecule has 1 saturated carbocycles. The zero-order valence-corrected chi connectivity index (χ0v) is 13.4. The maximum absolute atomic E-state index is 12.2. The topological polar surface area (TPSA) is 77.6 Å². The summed E-state index contributed by atoms with van der Waals surface area (Å²) in [6, 6.07) is 5.43. The molecule has 1 aromatic rings. The number of urea groups is 1. The van der Waals surface area contributed by atoms with Crippen molar-refractivity contribution in [2.24, 2.45) is 0 Å². The largest absolute Gasteiger partial charge is 0.354 e. The van der Waals surface area contributed by atoms with Crippen LogP contribution in [0.25, 0.3) is 0 Å². The van der Waals surface area contributed by atoms with Gasteiger partial charge in [-0.1, -0.05) is 6.07 Å². The van der Waals surface area contributed by atoms with Crippen molar-refractivity contribution in [3.05, 3.63) is 24.4 Å². The zero-order chi connectivity index (χ0) is 16.2. The lowest BCUT2D eigenvalue weighted by atomic mass is 10.2. The summed E-state index contributed by atoms with van der Waals surface area (Å²) in [5.74, 6) is 0.725. The lowest BCUT2D eigenvalue weighted by Gasteiger charge is -2.37. The van der Waals surface area contributed by atoms with Gasteiger partial charge >= 0.3 is 6.03 Å². The summed E-state index contributed by atoms with van der Waals surface area (Å²) in [5.41, 5.74) is 0. The number of anilines is 1. The summed E-state index contributed by atoms with van der Waals surface area (Å²) in [6.45, 7) is 5.03. The van der Waals surface area contributed by atoms with Crippen LogP contribution in [0, 0.1) is 0 Å². The van der Waals surface area contributed by atoms with Crippen LogP contribution >= 0.6 is 0 Å². The van der Waals surface area contributed by atoms with Gasteiger partial charge in [-0.05, 0) is 31.9 Å². The molecule has 0 spiro atoms. The first-order valence-corrected chi connectivity index (χ1v) is 8.15. The molecule has 1 atom stereocenters. The van der Waals surface area contributed by atoms with E-state index in [9.17, 15) is 9.59 Å². The molecular formula is C16H23N5O2.